The molecule has 0 spiro atoms. The molecule has 5 heavy (non-hydrogen) atoms. The Balaban J connectivity index is 2.62. The number of oxime groups is 1. The van der Waals surface area contributed by atoms with Gasteiger partial charge in [0.25, 0.3) is 0 Å². The third-order valence-corrected chi connectivity index (χ3v) is 0.307. The highest BCUT2D eigenvalue weighted by molar-refractivity contribution is 14.1. The normalized spacial score (nSPS) is 9.20. The summed E-state index contributed by atoms with van der Waals surface area (Å²) in [5.74, 6) is 0. The lowest BCUT2D eigenvalue weighted by Crippen LogP contribution is -1.50. The van der Waals surface area contributed by atoms with Gasteiger partial charge in [-0.2, -0.15) is 4.39 Å². The SMILES string of the molecule is F/C=N/OI. The molecular weight excluding hydrogens is 188 g/mol. The van der Waals surface area contributed by atoms with Crippen molar-refractivity contribution >= 4 is 29.5 Å². The Hall–Kier alpha value is 0.130. The van der Waals surface area contributed by atoms with Crippen molar-refractivity contribution in [3.05, 3.63) is 0 Å². The van der Waals surface area contributed by atoms with Gasteiger partial charge in [-0.3, -0.25) is 0 Å². The molecule has 0 saturated heterocycles. The minimum absolute atomic E-state index is 0.0758. The number of hydrogen-bond donors (Lipinski definition) is 0. The maximum Gasteiger partial charge on any atom is 0.230 e. The van der Waals surface area contributed by atoms with Crippen molar-refractivity contribution in [2.75, 3.05) is 0 Å². The van der Waals surface area contributed by atoms with Gasteiger partial charge in [0.2, 0.25) is 29.5 Å². The fourth-order valence-electron chi connectivity index (χ4n) is 0.0151. The lowest BCUT2D eigenvalue weighted by Gasteiger charge is -1.67. The van der Waals surface area contributed by atoms with Crippen LogP contribution >= 0.6 is 23.0 Å². The molecule has 0 radical (unpaired) electrons. The van der Waals surface area contributed by atoms with E-state index in [0.717, 1.165) is 0 Å². The summed E-state index contributed by atoms with van der Waals surface area (Å²) < 4.78 is 14.4. The first-order valence-corrected chi connectivity index (χ1v) is 1.69. The summed E-state index contributed by atoms with van der Waals surface area (Å²) in [6.07, 6.45) is 0. The zero-order valence-corrected chi connectivity index (χ0v) is 4.35. The number of rotatable bonds is 1. The zero-order chi connectivity index (χ0) is 4.12. The minimum atomic E-state index is 0.0758. The third-order valence-electron chi connectivity index (χ3n) is 0.0797. The van der Waals surface area contributed by atoms with Crippen LogP contribution in [0.15, 0.2) is 5.16 Å². The van der Waals surface area contributed by atoms with Crippen LogP contribution < -0.4 is 0 Å². The van der Waals surface area contributed by atoms with E-state index >= 15 is 0 Å². The highest BCUT2D eigenvalue weighted by Gasteiger charge is 1.54. The van der Waals surface area contributed by atoms with Crippen LogP contribution in [-0.2, 0) is 3.17 Å². The first-order valence-electron chi connectivity index (χ1n) is 0.813. The summed E-state index contributed by atoms with van der Waals surface area (Å²) >= 11 is 1.45. The van der Waals surface area contributed by atoms with E-state index < -0.39 is 0 Å². The van der Waals surface area contributed by atoms with Crippen LogP contribution in [0.5, 0.6) is 0 Å². The van der Waals surface area contributed by atoms with Crippen molar-refractivity contribution in [3.63, 3.8) is 0 Å². The Morgan fingerprint density at radius 1 is 2.00 bits per heavy atom. The summed E-state index contributed by atoms with van der Waals surface area (Å²) in [7, 11) is 0. The predicted octanol–water partition coefficient (Wildman–Crippen LogP) is 1.27. The van der Waals surface area contributed by atoms with E-state index in [-0.39, 0.29) is 6.47 Å². The molecule has 4 heteroatoms. The van der Waals surface area contributed by atoms with Gasteiger partial charge in [-0.05, 0) is 0 Å². The van der Waals surface area contributed by atoms with Gasteiger partial charge in [-0.15, -0.1) is 0 Å². The molecule has 0 bridgehead atoms. The minimum Gasteiger partial charge on any atom is -0.325 e. The summed E-state index contributed by atoms with van der Waals surface area (Å²) in [4.78, 5) is 0. The first kappa shape index (κ1) is 5.13. The lowest BCUT2D eigenvalue weighted by molar-refractivity contribution is 0.457. The molecule has 2 nitrogen and oxygen atoms in total. The molecule has 0 aliphatic carbocycles. The van der Waals surface area contributed by atoms with Gasteiger partial charge in [0, 0.05) is 0 Å². The van der Waals surface area contributed by atoms with Crippen LogP contribution in [0.4, 0.5) is 4.39 Å². The standard InChI is InChI=1S/CHFINO/c2-1-4-5-3/h1H/b4-1+. The van der Waals surface area contributed by atoms with Crippen LogP contribution in [-0.4, -0.2) is 6.47 Å². The molecule has 0 aromatic carbocycles. The predicted molar refractivity (Wildman–Crippen MR) is 24.7 cm³/mol. The maximum absolute atomic E-state index is 10.6. The number of nitrogens with zero attached hydrogens (tertiary/aromatic N) is 1. The van der Waals surface area contributed by atoms with Crippen LogP contribution in [0.1, 0.15) is 0 Å². The zero-order valence-electron chi connectivity index (χ0n) is 2.19. The Bertz CT molecular complexity index is 38.6. The molecule has 0 saturated carbocycles. The summed E-state index contributed by atoms with van der Waals surface area (Å²) in [6.45, 7) is 0.0758. The molecule has 0 rings (SSSR count). The van der Waals surface area contributed by atoms with Crippen molar-refractivity contribution in [2.24, 2.45) is 5.16 Å². The number of halogens is 2. The van der Waals surface area contributed by atoms with Gasteiger partial charge in [0.1, 0.15) is 0 Å². The van der Waals surface area contributed by atoms with E-state index in [0.29, 0.717) is 0 Å². The van der Waals surface area contributed by atoms with E-state index in [2.05, 4.69) is 8.32 Å². The van der Waals surface area contributed by atoms with Crippen LogP contribution in [0.2, 0.25) is 0 Å². The summed E-state index contributed by atoms with van der Waals surface area (Å²) in [6, 6.07) is 0. The van der Waals surface area contributed by atoms with Crippen molar-refractivity contribution < 1.29 is 7.56 Å². The molecular formula is CHFINO. The number of hydrogen-bond acceptors (Lipinski definition) is 2. The molecule has 0 fully saturated rings. The fourth-order valence-corrected chi connectivity index (χ4v) is 0.101. The molecule has 0 heterocycles. The van der Waals surface area contributed by atoms with Gasteiger partial charge < -0.3 is 3.17 Å². The Kier molecular flexibility index (Phi) is 4.24. The van der Waals surface area contributed by atoms with Crippen LogP contribution in [0.25, 0.3) is 0 Å². The van der Waals surface area contributed by atoms with Crippen LogP contribution in [0.3, 0.4) is 0 Å². The lowest BCUT2D eigenvalue weighted by atomic mass is 11.6. The summed E-state index contributed by atoms with van der Waals surface area (Å²) in [5, 5.41) is 2.67. The van der Waals surface area contributed by atoms with Crippen molar-refractivity contribution in [2.45, 2.75) is 0 Å². The van der Waals surface area contributed by atoms with Gasteiger partial charge in [-0.1, -0.05) is 5.16 Å². The molecule has 0 aromatic heterocycles. The van der Waals surface area contributed by atoms with Crippen molar-refractivity contribution in [1.29, 1.82) is 0 Å². The van der Waals surface area contributed by atoms with E-state index in [4.69, 9.17) is 0 Å². The maximum atomic E-state index is 10.6. The van der Waals surface area contributed by atoms with E-state index in [1.807, 2.05) is 0 Å². The van der Waals surface area contributed by atoms with Crippen molar-refractivity contribution in [1.82, 2.24) is 0 Å². The van der Waals surface area contributed by atoms with Gasteiger partial charge in [0.05, 0.1) is 0 Å². The summed E-state index contributed by atoms with van der Waals surface area (Å²) in [5.41, 5.74) is 0. The second kappa shape index (κ2) is 4.13. The average molecular weight is 189 g/mol. The molecule has 0 atom stereocenters. The van der Waals surface area contributed by atoms with E-state index in [1.54, 1.807) is 0 Å². The van der Waals surface area contributed by atoms with E-state index in [1.165, 1.54) is 23.0 Å². The average Bonchev–Trinajstić information content (AvgIpc) is 1.41. The molecule has 0 aliphatic rings. The molecule has 0 N–H and O–H groups in total. The van der Waals surface area contributed by atoms with Gasteiger partial charge in [0.15, 0.2) is 0 Å². The quantitative estimate of drug-likeness (QED) is 0.345. The smallest absolute Gasteiger partial charge is 0.230 e. The van der Waals surface area contributed by atoms with Crippen molar-refractivity contribution in [3.8, 4) is 0 Å². The van der Waals surface area contributed by atoms with Gasteiger partial charge in [-0.25, -0.2) is 0 Å². The third kappa shape index (κ3) is 4.13. The Labute approximate surface area is 42.7 Å². The second-order valence-corrected chi connectivity index (χ2v) is 0.666. The molecule has 0 aliphatic heterocycles. The van der Waals surface area contributed by atoms with Crippen LogP contribution in [0, 0.1) is 0 Å². The molecule has 0 aromatic rings. The Morgan fingerprint density at radius 3 is 2.60 bits per heavy atom. The largest absolute Gasteiger partial charge is 0.325 e. The first-order chi connectivity index (χ1) is 2.41. The molecule has 0 unspecified atom stereocenters. The monoisotopic (exact) mass is 189 g/mol. The highest BCUT2D eigenvalue weighted by atomic mass is 127. The molecule has 30 valence electrons. The second-order valence-electron chi connectivity index (χ2n) is 0.272. The molecule has 0 amide bonds. The fraction of sp³-hybridized carbons (Fsp3) is 0. The van der Waals surface area contributed by atoms with Gasteiger partial charge >= 0.3 is 0 Å². The highest BCUT2D eigenvalue weighted by Crippen LogP contribution is 1.81. The Morgan fingerprint density at radius 2 is 2.60 bits per heavy atom. The topological polar surface area (TPSA) is 21.6 Å². The van der Waals surface area contributed by atoms with E-state index in [9.17, 15) is 4.39 Å².